The van der Waals surface area contributed by atoms with Gasteiger partial charge < -0.3 is 10.2 Å². The van der Waals surface area contributed by atoms with Crippen LogP contribution in [-0.4, -0.2) is 22.2 Å². The van der Waals surface area contributed by atoms with Gasteiger partial charge >= 0.3 is 11.9 Å². The normalized spacial score (nSPS) is 13.8. The van der Waals surface area contributed by atoms with Gasteiger partial charge in [-0.3, -0.25) is 9.59 Å². The maximum absolute atomic E-state index is 10.8. The van der Waals surface area contributed by atoms with Crippen LogP contribution in [-0.2, 0) is 9.59 Å². The lowest BCUT2D eigenvalue weighted by atomic mass is 9.82. The lowest BCUT2D eigenvalue weighted by molar-refractivity contribution is -0.138. The van der Waals surface area contributed by atoms with Crippen molar-refractivity contribution in [3.63, 3.8) is 0 Å². The van der Waals surface area contributed by atoms with Crippen LogP contribution in [0.3, 0.4) is 0 Å². The van der Waals surface area contributed by atoms with E-state index in [9.17, 15) is 9.59 Å². The van der Waals surface area contributed by atoms with Crippen LogP contribution >= 0.6 is 0 Å². The summed E-state index contributed by atoms with van der Waals surface area (Å²) in [4.78, 5) is 21.4. The fourth-order valence-electron chi connectivity index (χ4n) is 2.18. The lowest BCUT2D eigenvalue weighted by Crippen LogP contribution is -2.15. The highest BCUT2D eigenvalue weighted by Crippen LogP contribution is 2.31. The Morgan fingerprint density at radius 2 is 1.72 bits per heavy atom. The molecule has 0 aliphatic rings. The number of carboxylic acid groups (broad SMARTS) is 2. The molecule has 2 unspecified atom stereocenters. The van der Waals surface area contributed by atoms with Gasteiger partial charge in [-0.2, -0.15) is 0 Å². The summed E-state index contributed by atoms with van der Waals surface area (Å²) < 4.78 is 0. The van der Waals surface area contributed by atoms with Gasteiger partial charge in [0.1, 0.15) is 0 Å². The van der Waals surface area contributed by atoms with Gasteiger partial charge in [0.25, 0.3) is 0 Å². The molecule has 4 heteroatoms. The Balaban J connectivity index is 2.80. The van der Waals surface area contributed by atoms with E-state index < -0.39 is 11.9 Å². The summed E-state index contributed by atoms with van der Waals surface area (Å²) in [5.74, 6) is -1.81. The minimum absolute atomic E-state index is 0.0293. The Hall–Kier alpha value is -1.84. The standard InChI is InChI=1S/C14H18O4/c1-10(9-14(17)18)12(7-8-13(15)16)11-5-3-2-4-6-11/h2-6,10,12H,7-9H2,1H3,(H,15,16)(H,17,18). The summed E-state index contributed by atoms with van der Waals surface area (Å²) in [6, 6.07) is 9.50. The van der Waals surface area contributed by atoms with Crippen molar-refractivity contribution < 1.29 is 19.8 Å². The minimum atomic E-state index is -0.849. The molecule has 0 aliphatic carbocycles. The highest BCUT2D eigenvalue weighted by molar-refractivity contribution is 5.67. The van der Waals surface area contributed by atoms with Crippen LogP contribution < -0.4 is 0 Å². The first-order valence-electron chi connectivity index (χ1n) is 5.99. The van der Waals surface area contributed by atoms with E-state index in [2.05, 4.69) is 0 Å². The van der Waals surface area contributed by atoms with E-state index in [1.165, 1.54) is 0 Å². The summed E-state index contributed by atoms with van der Waals surface area (Å²) in [6.45, 7) is 1.85. The van der Waals surface area contributed by atoms with E-state index in [0.29, 0.717) is 6.42 Å². The van der Waals surface area contributed by atoms with Gasteiger partial charge in [-0.1, -0.05) is 37.3 Å². The molecule has 0 aliphatic heterocycles. The fourth-order valence-corrected chi connectivity index (χ4v) is 2.18. The van der Waals surface area contributed by atoms with E-state index in [-0.39, 0.29) is 24.7 Å². The van der Waals surface area contributed by atoms with Gasteiger partial charge in [-0.15, -0.1) is 0 Å². The Labute approximate surface area is 106 Å². The van der Waals surface area contributed by atoms with E-state index >= 15 is 0 Å². The van der Waals surface area contributed by atoms with E-state index in [1.54, 1.807) is 0 Å². The van der Waals surface area contributed by atoms with Crippen molar-refractivity contribution in [2.75, 3.05) is 0 Å². The highest BCUT2D eigenvalue weighted by atomic mass is 16.4. The van der Waals surface area contributed by atoms with Crippen LogP contribution in [0.2, 0.25) is 0 Å². The van der Waals surface area contributed by atoms with Gasteiger partial charge in [0.05, 0.1) is 0 Å². The van der Waals surface area contributed by atoms with E-state index in [1.807, 2.05) is 37.3 Å². The molecule has 0 radical (unpaired) electrons. The van der Waals surface area contributed by atoms with Crippen LogP contribution in [0.15, 0.2) is 30.3 Å². The molecule has 0 saturated heterocycles. The maximum atomic E-state index is 10.8. The van der Waals surface area contributed by atoms with Gasteiger partial charge in [-0.25, -0.2) is 0 Å². The molecule has 2 atom stereocenters. The molecule has 0 spiro atoms. The monoisotopic (exact) mass is 250 g/mol. The van der Waals surface area contributed by atoms with Gasteiger partial charge in [0.15, 0.2) is 0 Å². The molecule has 0 amide bonds. The second kappa shape index (κ2) is 6.79. The molecule has 0 bridgehead atoms. The molecule has 2 N–H and O–H groups in total. The molecule has 0 saturated carbocycles. The second-order valence-corrected chi connectivity index (χ2v) is 4.52. The van der Waals surface area contributed by atoms with Crippen LogP contribution in [0.4, 0.5) is 0 Å². The predicted octanol–water partition coefficient (Wildman–Crippen LogP) is 2.75. The quantitative estimate of drug-likeness (QED) is 0.780. The first-order chi connectivity index (χ1) is 8.50. The van der Waals surface area contributed by atoms with Gasteiger partial charge in [0, 0.05) is 12.8 Å². The molecule has 1 aromatic carbocycles. The van der Waals surface area contributed by atoms with Crippen molar-refractivity contribution in [2.24, 2.45) is 5.92 Å². The molecule has 18 heavy (non-hydrogen) atoms. The average molecular weight is 250 g/mol. The molecular formula is C14H18O4. The van der Waals surface area contributed by atoms with Gasteiger partial charge in [0.2, 0.25) is 0 Å². The summed E-state index contributed by atoms with van der Waals surface area (Å²) in [5.41, 5.74) is 1.01. The summed E-state index contributed by atoms with van der Waals surface area (Å²) in [7, 11) is 0. The zero-order chi connectivity index (χ0) is 13.5. The van der Waals surface area contributed by atoms with Crippen LogP contribution in [0.1, 0.15) is 37.7 Å². The van der Waals surface area contributed by atoms with Crippen molar-refractivity contribution >= 4 is 11.9 Å². The summed E-state index contributed by atoms with van der Waals surface area (Å²) in [6.07, 6.45) is 0.580. The number of benzene rings is 1. The number of aliphatic carboxylic acids is 2. The Kier molecular flexibility index (Phi) is 5.36. The highest BCUT2D eigenvalue weighted by Gasteiger charge is 2.22. The summed E-state index contributed by atoms with van der Waals surface area (Å²) >= 11 is 0. The van der Waals surface area contributed by atoms with Crippen molar-refractivity contribution in [1.29, 1.82) is 0 Å². The van der Waals surface area contributed by atoms with Crippen LogP contribution in [0.25, 0.3) is 0 Å². The topological polar surface area (TPSA) is 74.6 Å². The number of rotatable bonds is 7. The first kappa shape index (κ1) is 14.2. The molecule has 4 nitrogen and oxygen atoms in total. The fraction of sp³-hybridized carbons (Fsp3) is 0.429. The zero-order valence-corrected chi connectivity index (χ0v) is 10.4. The molecule has 1 aromatic rings. The lowest BCUT2D eigenvalue weighted by Gasteiger charge is -2.22. The molecule has 1 rings (SSSR count). The molecule has 0 heterocycles. The molecular weight excluding hydrogens is 232 g/mol. The summed E-state index contributed by atoms with van der Waals surface area (Å²) in [5, 5.41) is 17.6. The van der Waals surface area contributed by atoms with Crippen LogP contribution in [0, 0.1) is 5.92 Å². The number of hydrogen-bond acceptors (Lipinski definition) is 2. The third-order valence-corrected chi connectivity index (χ3v) is 3.08. The maximum Gasteiger partial charge on any atom is 0.303 e. The van der Waals surface area contributed by atoms with Gasteiger partial charge in [-0.05, 0) is 23.8 Å². The zero-order valence-electron chi connectivity index (χ0n) is 10.4. The van der Waals surface area contributed by atoms with Crippen molar-refractivity contribution in [2.45, 2.75) is 32.1 Å². The SMILES string of the molecule is CC(CC(=O)O)C(CCC(=O)O)c1ccccc1. The second-order valence-electron chi connectivity index (χ2n) is 4.52. The van der Waals surface area contributed by atoms with E-state index in [4.69, 9.17) is 10.2 Å². The number of carbonyl (C=O) groups is 2. The van der Waals surface area contributed by atoms with Crippen molar-refractivity contribution in [3.05, 3.63) is 35.9 Å². The van der Waals surface area contributed by atoms with Crippen LogP contribution in [0.5, 0.6) is 0 Å². The Morgan fingerprint density at radius 1 is 1.11 bits per heavy atom. The van der Waals surface area contributed by atoms with E-state index in [0.717, 1.165) is 5.56 Å². The predicted molar refractivity (Wildman–Crippen MR) is 67.5 cm³/mol. The average Bonchev–Trinajstić information content (AvgIpc) is 2.29. The smallest absolute Gasteiger partial charge is 0.303 e. The molecule has 0 fully saturated rings. The molecule has 0 aromatic heterocycles. The number of hydrogen-bond donors (Lipinski definition) is 2. The Bertz CT molecular complexity index is 400. The van der Waals surface area contributed by atoms with Crippen molar-refractivity contribution in [1.82, 2.24) is 0 Å². The third kappa shape index (κ3) is 4.57. The molecule has 98 valence electrons. The largest absolute Gasteiger partial charge is 0.481 e. The Morgan fingerprint density at radius 3 is 2.22 bits per heavy atom. The first-order valence-corrected chi connectivity index (χ1v) is 5.99. The minimum Gasteiger partial charge on any atom is -0.481 e. The van der Waals surface area contributed by atoms with Crippen molar-refractivity contribution in [3.8, 4) is 0 Å². The third-order valence-electron chi connectivity index (χ3n) is 3.08. The number of carboxylic acids is 2.